The van der Waals surface area contributed by atoms with Crippen LogP contribution in [-0.4, -0.2) is 53.6 Å². The molecular formula is C28H29N3O9. The van der Waals surface area contributed by atoms with Crippen molar-refractivity contribution < 1.29 is 34.2 Å². The van der Waals surface area contributed by atoms with Gasteiger partial charge in [-0.3, -0.25) is 9.36 Å². The number of carbonyl (C=O) groups is 1. The lowest BCUT2D eigenvalue weighted by atomic mass is 9.85. The van der Waals surface area contributed by atoms with Crippen LogP contribution < -0.4 is 27.3 Å². The average Bonchev–Trinajstić information content (AvgIpc) is 2.99. The van der Waals surface area contributed by atoms with Crippen molar-refractivity contribution in [1.29, 1.82) is 0 Å². The normalized spacial score (nSPS) is 13.8. The zero-order valence-corrected chi connectivity index (χ0v) is 22.2. The molecule has 0 aliphatic carbocycles. The van der Waals surface area contributed by atoms with E-state index in [1.807, 2.05) is 0 Å². The van der Waals surface area contributed by atoms with Crippen molar-refractivity contribution in [3.8, 4) is 11.6 Å². The third-order valence-corrected chi connectivity index (χ3v) is 6.64. The van der Waals surface area contributed by atoms with Crippen LogP contribution >= 0.6 is 0 Å². The Morgan fingerprint density at radius 2 is 1.65 bits per heavy atom. The number of nitrogens with zero attached hydrogens (tertiary/aromatic N) is 2. The van der Waals surface area contributed by atoms with E-state index in [2.05, 4.69) is 10.1 Å². The number of carbonyl (C=O) groups excluding carboxylic acids is 1. The zero-order valence-electron chi connectivity index (χ0n) is 22.2. The van der Waals surface area contributed by atoms with Gasteiger partial charge in [0.2, 0.25) is 0 Å². The Morgan fingerprint density at radius 3 is 2.23 bits per heavy atom. The number of hydrogen-bond acceptors (Lipinski definition) is 9. The number of benzene rings is 2. The highest BCUT2D eigenvalue weighted by Gasteiger charge is 2.30. The molecule has 12 heteroatoms. The number of methoxy groups -OCH3 is 1. The number of fused-ring (bicyclic) bond motifs is 1. The molecule has 1 unspecified atom stereocenters. The van der Waals surface area contributed by atoms with Gasteiger partial charge in [-0.1, -0.05) is 24.3 Å². The highest BCUT2D eigenvalue weighted by molar-refractivity contribution is 5.89. The van der Waals surface area contributed by atoms with Crippen LogP contribution in [0.1, 0.15) is 33.0 Å². The molecule has 1 saturated heterocycles. The fourth-order valence-corrected chi connectivity index (χ4v) is 4.49. The summed E-state index contributed by atoms with van der Waals surface area (Å²) in [5, 5.41) is 26.6. The van der Waals surface area contributed by atoms with Crippen LogP contribution in [0.25, 0.3) is 11.0 Å². The number of aromatic nitrogens is 2. The lowest BCUT2D eigenvalue weighted by molar-refractivity contribution is -0.670. The molecule has 40 heavy (non-hydrogen) atoms. The van der Waals surface area contributed by atoms with Gasteiger partial charge in [0.15, 0.2) is 0 Å². The first kappa shape index (κ1) is 28.3. The number of para-hydroxylation sites is 1. The Balaban J connectivity index is 0.000000546. The number of hydrogen-bond donors (Lipinski definition) is 2. The third kappa shape index (κ3) is 5.40. The molecule has 2 aromatic carbocycles. The first-order valence-electron chi connectivity index (χ1n) is 12.5. The summed E-state index contributed by atoms with van der Waals surface area (Å²) >= 11 is 0. The maximum atomic E-state index is 13.1. The van der Waals surface area contributed by atoms with Crippen molar-refractivity contribution in [2.24, 2.45) is 14.1 Å². The monoisotopic (exact) mass is 551 g/mol. The Bertz CT molecular complexity index is 1700. The molecule has 0 radical (unpaired) electrons. The standard InChI is InChI=1S/C24H20N2O8.C4H9NO/c1-25-20(28)18(21(29)26(2)24(25)32)16(12-8-10-13(11-9-12)22(30)33-3)17-19(27)14-6-4-5-7-15(14)34-23(17)31;1-3-6-4-2-5-1/h4-11,16,27-28H,1-3H3;5H,1-4H2. The van der Waals surface area contributed by atoms with Crippen molar-refractivity contribution in [3.05, 3.63) is 102 Å². The third-order valence-electron chi connectivity index (χ3n) is 6.64. The zero-order chi connectivity index (χ0) is 29.0. The number of quaternary nitrogens is 1. The van der Waals surface area contributed by atoms with Gasteiger partial charge in [0.25, 0.3) is 5.56 Å². The lowest BCUT2D eigenvalue weighted by Crippen LogP contribution is -2.87. The maximum absolute atomic E-state index is 13.1. The predicted octanol–water partition coefficient (Wildman–Crippen LogP) is -0.484. The number of nitrogens with two attached hydrogens (primary N) is 1. The summed E-state index contributed by atoms with van der Waals surface area (Å²) in [6.45, 7) is 4.19. The van der Waals surface area contributed by atoms with Gasteiger partial charge in [-0.25, -0.2) is 14.4 Å². The Hall–Kier alpha value is -4.68. The first-order chi connectivity index (χ1) is 19.2. The highest BCUT2D eigenvalue weighted by Crippen LogP contribution is 2.38. The van der Waals surface area contributed by atoms with Crippen LogP contribution in [0.4, 0.5) is 0 Å². The van der Waals surface area contributed by atoms with Crippen molar-refractivity contribution in [1.82, 2.24) is 9.13 Å². The van der Waals surface area contributed by atoms with E-state index < -0.39 is 46.0 Å². The van der Waals surface area contributed by atoms with E-state index in [0.717, 1.165) is 35.4 Å². The summed E-state index contributed by atoms with van der Waals surface area (Å²) in [5.41, 5.74) is -2.98. The highest BCUT2D eigenvalue weighted by atomic mass is 16.5. The van der Waals surface area contributed by atoms with E-state index in [0.29, 0.717) is 0 Å². The molecular weight excluding hydrogens is 522 g/mol. The summed E-state index contributed by atoms with van der Waals surface area (Å²) in [6, 6.07) is 11.9. The summed E-state index contributed by atoms with van der Waals surface area (Å²) in [7, 11) is 3.62. The van der Waals surface area contributed by atoms with Crippen molar-refractivity contribution in [2.75, 3.05) is 33.4 Å². The summed E-state index contributed by atoms with van der Waals surface area (Å²) in [4.78, 5) is 50.3. The molecule has 2 aromatic heterocycles. The van der Waals surface area contributed by atoms with Crippen molar-refractivity contribution in [3.63, 3.8) is 0 Å². The van der Waals surface area contributed by atoms with E-state index in [4.69, 9.17) is 9.15 Å². The smallest absolute Gasteiger partial charge is 0.344 e. The minimum absolute atomic E-state index is 0.115. The van der Waals surface area contributed by atoms with E-state index in [1.54, 1.807) is 12.1 Å². The summed E-state index contributed by atoms with van der Waals surface area (Å²) in [6.07, 6.45) is 0. The van der Waals surface area contributed by atoms with Crippen LogP contribution in [0.5, 0.6) is 11.6 Å². The number of morpholine rings is 1. The summed E-state index contributed by atoms with van der Waals surface area (Å²) in [5.74, 6) is -3.41. The molecule has 1 fully saturated rings. The minimum atomic E-state index is -1.40. The van der Waals surface area contributed by atoms with E-state index in [9.17, 15) is 29.4 Å². The number of esters is 1. The second-order valence-corrected chi connectivity index (χ2v) is 9.10. The quantitative estimate of drug-likeness (QED) is 0.251. The predicted molar refractivity (Wildman–Crippen MR) is 142 cm³/mol. The van der Waals surface area contributed by atoms with E-state index in [-0.39, 0.29) is 27.7 Å². The number of aromatic hydroxyl groups is 1. The molecule has 210 valence electrons. The fourth-order valence-electron chi connectivity index (χ4n) is 4.49. The molecule has 1 aliphatic heterocycles. The van der Waals surface area contributed by atoms with Crippen LogP contribution in [0.3, 0.4) is 0 Å². The molecule has 12 nitrogen and oxygen atoms in total. The Kier molecular flexibility index (Phi) is 8.51. The second-order valence-electron chi connectivity index (χ2n) is 9.10. The first-order valence-corrected chi connectivity index (χ1v) is 12.5. The molecule has 0 bridgehead atoms. The van der Waals surface area contributed by atoms with Gasteiger partial charge >= 0.3 is 17.3 Å². The molecule has 0 saturated carbocycles. The number of rotatable bonds is 4. The Labute approximate surface area is 227 Å². The molecule has 3 N–H and O–H groups in total. The van der Waals surface area contributed by atoms with Gasteiger partial charge in [0.05, 0.1) is 55.8 Å². The van der Waals surface area contributed by atoms with Gasteiger partial charge in [0.1, 0.15) is 11.3 Å². The van der Waals surface area contributed by atoms with E-state index >= 15 is 0 Å². The molecule has 1 aliphatic rings. The van der Waals surface area contributed by atoms with Crippen molar-refractivity contribution in [2.45, 2.75) is 5.92 Å². The van der Waals surface area contributed by atoms with E-state index in [1.165, 1.54) is 57.6 Å². The minimum Gasteiger partial charge on any atom is -0.860 e. The van der Waals surface area contributed by atoms with Gasteiger partial charge in [-0.2, -0.15) is 0 Å². The maximum Gasteiger partial charge on any atom is 0.344 e. The molecule has 1 atom stereocenters. The van der Waals surface area contributed by atoms with Gasteiger partial charge in [-0.15, -0.1) is 0 Å². The molecule has 4 aromatic rings. The number of ether oxygens (including phenoxy) is 2. The van der Waals surface area contributed by atoms with Gasteiger partial charge < -0.3 is 34.0 Å². The van der Waals surface area contributed by atoms with Gasteiger partial charge in [0, 0.05) is 19.7 Å². The largest absolute Gasteiger partial charge is 0.860 e. The van der Waals surface area contributed by atoms with Crippen LogP contribution in [-0.2, 0) is 23.6 Å². The van der Waals surface area contributed by atoms with Crippen LogP contribution in [0.15, 0.2) is 67.3 Å². The summed E-state index contributed by atoms with van der Waals surface area (Å²) < 4.78 is 16.6. The fraction of sp³-hybridized carbons (Fsp3) is 0.286. The lowest BCUT2D eigenvalue weighted by Gasteiger charge is -2.25. The van der Waals surface area contributed by atoms with Crippen LogP contribution in [0, 0.1) is 0 Å². The van der Waals surface area contributed by atoms with Crippen molar-refractivity contribution >= 4 is 16.9 Å². The second kappa shape index (κ2) is 12.0. The molecule has 0 amide bonds. The SMILES string of the molecule is C1COCC[NH2+]1.COC(=O)c1ccc(C(c2c(O)c3ccccc3oc2=O)c2c([O-])n(C)c(=O)n(C)c2=O)cc1. The van der Waals surface area contributed by atoms with Crippen LogP contribution in [0.2, 0.25) is 0 Å². The molecule has 0 spiro atoms. The molecule has 5 rings (SSSR count). The average molecular weight is 552 g/mol. The Morgan fingerprint density at radius 1 is 1.00 bits per heavy atom. The topological polar surface area (TPSA) is 170 Å². The molecule has 3 heterocycles. The van der Waals surface area contributed by atoms with Gasteiger partial charge in [-0.05, 0) is 35.7 Å².